The van der Waals surface area contributed by atoms with Gasteiger partial charge in [-0.05, 0) is 30.3 Å². The molecule has 0 fully saturated rings. The van der Waals surface area contributed by atoms with E-state index in [1.165, 1.54) is 7.11 Å². The van der Waals surface area contributed by atoms with Gasteiger partial charge in [0.05, 0.1) is 25.7 Å². The van der Waals surface area contributed by atoms with Gasteiger partial charge in [-0.15, -0.1) is 0 Å². The number of allylic oxidation sites excluding steroid dienone is 1. The molecule has 140 valence electrons. The molecule has 1 aliphatic heterocycles. The molecule has 1 aromatic heterocycles. The Morgan fingerprint density at radius 3 is 2.68 bits per heavy atom. The van der Waals surface area contributed by atoms with E-state index in [9.17, 15) is 10.1 Å². The summed E-state index contributed by atoms with van der Waals surface area (Å²) in [6.45, 7) is 0. The lowest BCUT2D eigenvalue weighted by atomic mass is 9.83. The van der Waals surface area contributed by atoms with E-state index < -0.39 is 5.92 Å². The topological polar surface area (TPSA) is 94.6 Å². The second kappa shape index (κ2) is 6.91. The molecule has 2 heterocycles. The van der Waals surface area contributed by atoms with Crippen molar-refractivity contribution in [1.82, 2.24) is 0 Å². The van der Waals surface area contributed by atoms with Crippen molar-refractivity contribution in [2.75, 3.05) is 14.2 Å². The summed E-state index contributed by atoms with van der Waals surface area (Å²) in [5.74, 6) is 0.747. The number of fused-ring (bicyclic) bond motifs is 3. The highest BCUT2D eigenvalue weighted by atomic mass is 32.1. The van der Waals surface area contributed by atoms with E-state index in [1.807, 2.05) is 24.3 Å². The lowest BCUT2D eigenvalue weighted by Gasteiger charge is -2.27. The van der Waals surface area contributed by atoms with E-state index in [4.69, 9.17) is 19.9 Å². The van der Waals surface area contributed by atoms with Crippen LogP contribution in [0.5, 0.6) is 17.2 Å². The maximum absolute atomic E-state index is 13.1. The standard InChI is InChI=1S/C21H16N2O4S/c1-25-11-7-8-15(26-2)13(9-11)17-14(10-22)20(23)27-19-12-5-3-4-6-16(12)28-21(24)18(17)19/h3-9,17H,23H2,1-2H3/t17-/m1/s1. The third-order valence-corrected chi connectivity index (χ3v) is 5.70. The molecule has 0 spiro atoms. The van der Waals surface area contributed by atoms with E-state index in [2.05, 4.69) is 6.07 Å². The number of benzene rings is 2. The smallest absolute Gasteiger partial charge is 0.240 e. The summed E-state index contributed by atoms with van der Waals surface area (Å²) in [4.78, 5) is 13.1. The zero-order valence-electron chi connectivity index (χ0n) is 15.2. The van der Waals surface area contributed by atoms with Crippen LogP contribution in [0.2, 0.25) is 0 Å². The molecule has 28 heavy (non-hydrogen) atoms. The number of nitrogens with zero attached hydrogens (tertiary/aromatic N) is 1. The molecule has 7 heteroatoms. The van der Waals surface area contributed by atoms with Gasteiger partial charge >= 0.3 is 0 Å². The normalized spacial score (nSPS) is 15.5. The van der Waals surface area contributed by atoms with Gasteiger partial charge in [0.1, 0.15) is 28.9 Å². The molecule has 2 aromatic carbocycles. The number of ether oxygens (including phenoxy) is 3. The van der Waals surface area contributed by atoms with Crippen LogP contribution in [0, 0.1) is 11.3 Å². The summed E-state index contributed by atoms with van der Waals surface area (Å²) < 4.78 is 17.2. The molecule has 2 N–H and O–H groups in total. The van der Waals surface area contributed by atoms with Crippen LogP contribution in [-0.2, 0) is 0 Å². The fourth-order valence-electron chi connectivity index (χ4n) is 3.44. The van der Waals surface area contributed by atoms with E-state index in [1.54, 1.807) is 25.3 Å². The first-order chi connectivity index (χ1) is 13.6. The van der Waals surface area contributed by atoms with Crippen molar-refractivity contribution in [3.8, 4) is 23.3 Å². The molecule has 0 unspecified atom stereocenters. The zero-order valence-corrected chi connectivity index (χ0v) is 16.0. The van der Waals surface area contributed by atoms with Gasteiger partial charge in [0.2, 0.25) is 10.6 Å². The lowest BCUT2D eigenvalue weighted by molar-refractivity contribution is 0.386. The first kappa shape index (κ1) is 17.9. The number of hydrogen-bond acceptors (Lipinski definition) is 7. The van der Waals surface area contributed by atoms with Gasteiger partial charge in [0.15, 0.2) is 0 Å². The summed E-state index contributed by atoms with van der Waals surface area (Å²) >= 11 is 1.11. The minimum absolute atomic E-state index is 0.0226. The Morgan fingerprint density at radius 2 is 1.96 bits per heavy atom. The van der Waals surface area contributed by atoms with E-state index in [0.717, 1.165) is 21.4 Å². The lowest BCUT2D eigenvalue weighted by Crippen LogP contribution is -2.25. The van der Waals surface area contributed by atoms with Crippen molar-refractivity contribution in [3.63, 3.8) is 0 Å². The van der Waals surface area contributed by atoms with Crippen LogP contribution in [0.3, 0.4) is 0 Å². The van der Waals surface area contributed by atoms with Crippen molar-refractivity contribution in [1.29, 1.82) is 5.26 Å². The van der Waals surface area contributed by atoms with Crippen molar-refractivity contribution >= 4 is 21.4 Å². The molecule has 6 nitrogen and oxygen atoms in total. The third kappa shape index (κ3) is 2.66. The molecular weight excluding hydrogens is 376 g/mol. The number of nitrogens with two attached hydrogens (primary N) is 1. The molecule has 0 aliphatic carbocycles. The predicted octanol–water partition coefficient (Wildman–Crippen LogP) is 3.50. The molecule has 1 aliphatic rings. The molecule has 4 rings (SSSR count). The Morgan fingerprint density at radius 1 is 1.18 bits per heavy atom. The second-order valence-electron chi connectivity index (χ2n) is 6.16. The largest absolute Gasteiger partial charge is 0.497 e. The first-order valence-electron chi connectivity index (χ1n) is 8.44. The number of nitriles is 1. The fraction of sp³-hybridized carbons (Fsp3) is 0.143. The van der Waals surface area contributed by atoms with E-state index >= 15 is 0 Å². The minimum Gasteiger partial charge on any atom is -0.497 e. The molecule has 1 atom stereocenters. The van der Waals surface area contributed by atoms with Gasteiger partial charge in [0, 0.05) is 15.6 Å². The maximum Gasteiger partial charge on any atom is 0.240 e. The number of rotatable bonds is 3. The van der Waals surface area contributed by atoms with Crippen molar-refractivity contribution in [2.24, 2.45) is 5.73 Å². The molecule has 0 radical (unpaired) electrons. The summed E-state index contributed by atoms with van der Waals surface area (Å²) in [6, 6.07) is 14.8. The molecule has 0 bridgehead atoms. The third-order valence-electron chi connectivity index (χ3n) is 4.72. The monoisotopic (exact) mass is 392 g/mol. The Labute approximate surface area is 165 Å². The van der Waals surface area contributed by atoms with Gasteiger partial charge in [-0.3, -0.25) is 4.79 Å². The van der Waals surface area contributed by atoms with Gasteiger partial charge in [-0.1, -0.05) is 23.5 Å². The van der Waals surface area contributed by atoms with E-state index in [-0.39, 0.29) is 16.2 Å². The first-order valence-corrected chi connectivity index (χ1v) is 9.26. The van der Waals surface area contributed by atoms with Crippen LogP contribution in [-0.4, -0.2) is 14.2 Å². The average molecular weight is 392 g/mol. The van der Waals surface area contributed by atoms with Gasteiger partial charge in [0.25, 0.3) is 0 Å². The summed E-state index contributed by atoms with van der Waals surface area (Å²) in [5, 5.41) is 10.5. The SMILES string of the molecule is COc1ccc(OC)c([C@@H]2C(C#N)=C(N)Oc3c2c(=O)sc2ccccc32)c1. The van der Waals surface area contributed by atoms with E-state index in [0.29, 0.717) is 28.4 Å². The highest BCUT2D eigenvalue weighted by molar-refractivity contribution is 7.16. The molecule has 3 aromatic rings. The molecular formula is C21H16N2O4S. The predicted molar refractivity (Wildman–Crippen MR) is 107 cm³/mol. The van der Waals surface area contributed by atoms with Crippen LogP contribution < -0.4 is 24.7 Å². The summed E-state index contributed by atoms with van der Waals surface area (Å²) in [7, 11) is 3.08. The number of methoxy groups -OCH3 is 2. The molecule has 0 saturated carbocycles. The van der Waals surface area contributed by atoms with Crippen molar-refractivity contribution in [2.45, 2.75) is 5.92 Å². The van der Waals surface area contributed by atoms with Gasteiger partial charge < -0.3 is 19.9 Å². The fourth-order valence-corrected chi connectivity index (χ4v) is 4.38. The second-order valence-corrected chi connectivity index (χ2v) is 7.18. The quantitative estimate of drug-likeness (QED) is 0.733. The van der Waals surface area contributed by atoms with Crippen molar-refractivity contribution < 1.29 is 14.2 Å². The molecule has 0 amide bonds. The Hall–Kier alpha value is -3.50. The van der Waals surface area contributed by atoms with Crippen LogP contribution in [0.4, 0.5) is 0 Å². The average Bonchev–Trinajstić information content (AvgIpc) is 2.72. The van der Waals surface area contributed by atoms with Crippen LogP contribution in [0.15, 0.2) is 58.7 Å². The van der Waals surface area contributed by atoms with Crippen LogP contribution >= 0.6 is 11.3 Å². The molecule has 0 saturated heterocycles. The van der Waals surface area contributed by atoms with Crippen molar-refractivity contribution in [3.05, 3.63) is 74.6 Å². The Balaban J connectivity index is 2.10. The highest BCUT2D eigenvalue weighted by Gasteiger charge is 2.36. The van der Waals surface area contributed by atoms with Crippen LogP contribution in [0.1, 0.15) is 17.0 Å². The Kier molecular flexibility index (Phi) is 4.41. The minimum atomic E-state index is -0.716. The summed E-state index contributed by atoms with van der Waals surface area (Å²) in [6.07, 6.45) is 0. The zero-order chi connectivity index (χ0) is 19.8. The van der Waals surface area contributed by atoms with Gasteiger partial charge in [-0.25, -0.2) is 0 Å². The Bertz CT molecular complexity index is 1220. The van der Waals surface area contributed by atoms with Crippen LogP contribution in [0.25, 0.3) is 10.1 Å². The summed E-state index contributed by atoms with van der Waals surface area (Å²) in [5.41, 5.74) is 7.26. The number of hydrogen-bond donors (Lipinski definition) is 1. The van der Waals surface area contributed by atoms with Gasteiger partial charge in [-0.2, -0.15) is 5.26 Å². The highest BCUT2D eigenvalue weighted by Crippen LogP contribution is 2.47. The maximum atomic E-state index is 13.1.